The van der Waals surface area contributed by atoms with Gasteiger partial charge in [0, 0.05) is 41.6 Å². The molecule has 2 aromatic heterocycles. The Morgan fingerprint density at radius 3 is 2.81 bits per heavy atom. The molecule has 3 heterocycles. The van der Waals surface area contributed by atoms with Gasteiger partial charge in [-0.2, -0.15) is 0 Å². The fourth-order valence-electron chi connectivity index (χ4n) is 3.01. The SMILES string of the molecule is O=C1CCC(C(=O)Nc2ccc3[nH]cc(C(=O)n4ccnc4)c(=O)c3c2)N1. The lowest BCUT2D eigenvalue weighted by Gasteiger charge is -2.11. The first-order valence-corrected chi connectivity index (χ1v) is 8.31. The van der Waals surface area contributed by atoms with Gasteiger partial charge in [0.15, 0.2) is 0 Å². The van der Waals surface area contributed by atoms with Crippen molar-refractivity contribution in [2.45, 2.75) is 18.9 Å². The second-order valence-electron chi connectivity index (χ2n) is 6.21. The van der Waals surface area contributed by atoms with Crippen LogP contribution in [0.25, 0.3) is 10.9 Å². The summed E-state index contributed by atoms with van der Waals surface area (Å²) in [5, 5.41) is 5.56. The highest BCUT2D eigenvalue weighted by Crippen LogP contribution is 2.17. The summed E-state index contributed by atoms with van der Waals surface area (Å²) >= 11 is 0. The Bertz CT molecular complexity index is 1120. The first kappa shape index (κ1) is 16.7. The highest BCUT2D eigenvalue weighted by atomic mass is 16.2. The second kappa shape index (κ2) is 6.52. The predicted octanol–water partition coefficient (Wildman–Crippen LogP) is 0.630. The fourth-order valence-corrected chi connectivity index (χ4v) is 3.01. The summed E-state index contributed by atoms with van der Waals surface area (Å²) in [4.78, 5) is 55.4. The Labute approximate surface area is 152 Å². The third-order valence-corrected chi connectivity index (χ3v) is 4.43. The summed E-state index contributed by atoms with van der Waals surface area (Å²) in [6, 6.07) is 4.21. The number of aromatic nitrogens is 3. The highest BCUT2D eigenvalue weighted by Gasteiger charge is 2.27. The lowest BCUT2D eigenvalue weighted by Crippen LogP contribution is -2.37. The molecule has 4 rings (SSSR count). The fraction of sp³-hybridized carbons (Fsp3) is 0.167. The van der Waals surface area contributed by atoms with E-state index in [4.69, 9.17) is 0 Å². The molecule has 3 aromatic rings. The summed E-state index contributed by atoms with van der Waals surface area (Å²) in [5.41, 5.74) is 0.459. The van der Waals surface area contributed by atoms with Crippen LogP contribution in [0.2, 0.25) is 0 Å². The molecule has 1 aliphatic rings. The summed E-state index contributed by atoms with van der Waals surface area (Å²) < 4.78 is 1.21. The van der Waals surface area contributed by atoms with Crippen LogP contribution >= 0.6 is 0 Å². The van der Waals surface area contributed by atoms with Gasteiger partial charge >= 0.3 is 0 Å². The summed E-state index contributed by atoms with van der Waals surface area (Å²) in [6.45, 7) is 0. The van der Waals surface area contributed by atoms with Gasteiger partial charge in [-0.15, -0.1) is 0 Å². The molecule has 9 nitrogen and oxygen atoms in total. The van der Waals surface area contributed by atoms with Crippen molar-refractivity contribution in [2.24, 2.45) is 0 Å². The smallest absolute Gasteiger partial charge is 0.268 e. The molecule has 0 saturated carbocycles. The van der Waals surface area contributed by atoms with Crippen molar-refractivity contribution in [1.29, 1.82) is 0 Å². The number of imidazole rings is 1. The van der Waals surface area contributed by atoms with Crippen molar-refractivity contribution in [3.8, 4) is 0 Å². The minimum atomic E-state index is -0.583. The standard InChI is InChI=1S/C18H15N5O4/c24-15-4-3-14(22-15)17(26)21-10-1-2-13-11(7-10)16(25)12(8-20-13)18(27)23-6-5-19-9-23/h1-2,5-9,14H,3-4H2,(H,20,25)(H,21,26)(H,22,24). The van der Waals surface area contributed by atoms with E-state index >= 15 is 0 Å². The number of rotatable bonds is 3. The number of carbonyl (C=O) groups is 3. The number of carbonyl (C=O) groups excluding carboxylic acids is 3. The van der Waals surface area contributed by atoms with Crippen LogP contribution in [0, 0.1) is 0 Å². The number of hydrogen-bond donors (Lipinski definition) is 3. The predicted molar refractivity (Wildman–Crippen MR) is 96.3 cm³/mol. The van der Waals surface area contributed by atoms with E-state index in [-0.39, 0.29) is 22.8 Å². The van der Waals surface area contributed by atoms with Gasteiger partial charge in [-0.05, 0) is 24.6 Å². The van der Waals surface area contributed by atoms with E-state index in [1.807, 2.05) is 0 Å². The van der Waals surface area contributed by atoms with E-state index in [0.29, 0.717) is 24.0 Å². The van der Waals surface area contributed by atoms with E-state index < -0.39 is 17.4 Å². The number of pyridine rings is 1. The molecule has 136 valence electrons. The van der Waals surface area contributed by atoms with E-state index in [9.17, 15) is 19.2 Å². The van der Waals surface area contributed by atoms with Crippen molar-refractivity contribution >= 4 is 34.3 Å². The molecular formula is C18H15N5O4. The maximum Gasteiger partial charge on any atom is 0.268 e. The lowest BCUT2D eigenvalue weighted by atomic mass is 10.1. The molecule has 0 spiro atoms. The maximum atomic E-state index is 12.8. The molecule has 27 heavy (non-hydrogen) atoms. The van der Waals surface area contributed by atoms with Crippen LogP contribution < -0.4 is 16.1 Å². The summed E-state index contributed by atoms with van der Waals surface area (Å²) in [6.07, 6.45) is 6.33. The molecule has 1 aliphatic heterocycles. The molecule has 3 N–H and O–H groups in total. The van der Waals surface area contributed by atoms with Crippen LogP contribution in [0.1, 0.15) is 23.2 Å². The molecule has 0 bridgehead atoms. The minimum absolute atomic E-state index is 0.0352. The first-order chi connectivity index (χ1) is 13.0. The largest absolute Gasteiger partial charge is 0.360 e. The van der Waals surface area contributed by atoms with Crippen LogP contribution in [-0.2, 0) is 9.59 Å². The second-order valence-corrected chi connectivity index (χ2v) is 6.21. The van der Waals surface area contributed by atoms with Gasteiger partial charge in [-0.25, -0.2) is 4.98 Å². The van der Waals surface area contributed by atoms with Crippen LogP contribution in [0.5, 0.6) is 0 Å². The van der Waals surface area contributed by atoms with Crippen LogP contribution in [0.4, 0.5) is 5.69 Å². The zero-order chi connectivity index (χ0) is 19.0. The molecule has 1 unspecified atom stereocenters. The van der Waals surface area contributed by atoms with Crippen LogP contribution in [0.3, 0.4) is 0 Å². The Morgan fingerprint density at radius 1 is 1.26 bits per heavy atom. The van der Waals surface area contributed by atoms with Crippen molar-refractivity contribution in [3.63, 3.8) is 0 Å². The Balaban J connectivity index is 1.66. The Kier molecular flexibility index (Phi) is 4.03. The summed E-state index contributed by atoms with van der Waals surface area (Å²) in [5.74, 6) is -1.01. The zero-order valence-corrected chi connectivity index (χ0v) is 14.1. The average molecular weight is 365 g/mol. The molecule has 9 heteroatoms. The van der Waals surface area contributed by atoms with E-state index in [1.54, 1.807) is 12.1 Å². The van der Waals surface area contributed by atoms with Gasteiger partial charge in [0.25, 0.3) is 5.91 Å². The van der Waals surface area contributed by atoms with Crippen molar-refractivity contribution < 1.29 is 14.4 Å². The molecular weight excluding hydrogens is 350 g/mol. The number of fused-ring (bicyclic) bond motifs is 1. The molecule has 1 saturated heterocycles. The van der Waals surface area contributed by atoms with E-state index in [1.165, 1.54) is 35.6 Å². The highest BCUT2D eigenvalue weighted by molar-refractivity contribution is 6.01. The number of H-pyrrole nitrogens is 1. The van der Waals surface area contributed by atoms with Crippen LogP contribution in [0.15, 0.2) is 47.9 Å². The quantitative estimate of drug-likeness (QED) is 0.628. The molecule has 1 atom stereocenters. The van der Waals surface area contributed by atoms with Gasteiger partial charge < -0.3 is 15.6 Å². The first-order valence-electron chi connectivity index (χ1n) is 8.31. The molecule has 1 aromatic carbocycles. The molecule has 0 aliphatic carbocycles. The van der Waals surface area contributed by atoms with Crippen molar-refractivity contribution in [3.05, 3.63) is 58.9 Å². The molecule has 1 fully saturated rings. The van der Waals surface area contributed by atoms with E-state index in [0.717, 1.165) is 0 Å². The number of benzene rings is 1. The van der Waals surface area contributed by atoms with Crippen LogP contribution in [-0.4, -0.2) is 38.3 Å². The Hall–Kier alpha value is -3.75. The summed E-state index contributed by atoms with van der Waals surface area (Å²) in [7, 11) is 0. The molecule has 2 amide bonds. The third kappa shape index (κ3) is 3.10. The van der Waals surface area contributed by atoms with Gasteiger partial charge in [0.1, 0.15) is 17.9 Å². The number of anilines is 1. The van der Waals surface area contributed by atoms with Gasteiger partial charge in [0.2, 0.25) is 17.2 Å². The van der Waals surface area contributed by atoms with Crippen molar-refractivity contribution in [1.82, 2.24) is 19.9 Å². The number of nitrogens with zero attached hydrogens (tertiary/aromatic N) is 2. The molecule has 0 radical (unpaired) electrons. The topological polar surface area (TPSA) is 126 Å². The number of aromatic amines is 1. The Morgan fingerprint density at radius 2 is 2.11 bits per heavy atom. The monoisotopic (exact) mass is 365 g/mol. The normalized spacial score (nSPS) is 16.3. The van der Waals surface area contributed by atoms with Crippen molar-refractivity contribution in [2.75, 3.05) is 5.32 Å². The van der Waals surface area contributed by atoms with E-state index in [2.05, 4.69) is 20.6 Å². The third-order valence-electron chi connectivity index (χ3n) is 4.43. The number of amides is 2. The average Bonchev–Trinajstić information content (AvgIpc) is 3.34. The maximum absolute atomic E-state index is 12.8. The van der Waals surface area contributed by atoms with Gasteiger partial charge in [-0.3, -0.25) is 23.7 Å². The lowest BCUT2D eigenvalue weighted by molar-refractivity contribution is -0.122. The van der Waals surface area contributed by atoms with Gasteiger partial charge in [0.05, 0.1) is 0 Å². The van der Waals surface area contributed by atoms with Gasteiger partial charge in [-0.1, -0.05) is 0 Å². The zero-order valence-electron chi connectivity index (χ0n) is 14.1. The minimum Gasteiger partial charge on any atom is -0.360 e. The number of hydrogen-bond acceptors (Lipinski definition) is 5. The number of nitrogens with one attached hydrogen (secondary N) is 3.